The number of carbonyl (C=O) groups is 1. The molecule has 2 heterocycles. The fourth-order valence-corrected chi connectivity index (χ4v) is 3.65. The van der Waals surface area contributed by atoms with Gasteiger partial charge in [-0.25, -0.2) is 4.39 Å². The molecule has 1 fully saturated rings. The normalized spacial score (nSPS) is 16.3. The number of nitrogens with one attached hydrogen (secondary N) is 1. The van der Waals surface area contributed by atoms with Gasteiger partial charge in [-0.1, -0.05) is 18.2 Å². The first-order chi connectivity index (χ1) is 13.0. The van der Waals surface area contributed by atoms with Gasteiger partial charge in [0.1, 0.15) is 5.82 Å². The van der Waals surface area contributed by atoms with E-state index in [0.29, 0.717) is 13.0 Å². The highest BCUT2D eigenvalue weighted by Crippen LogP contribution is 2.23. The minimum Gasteiger partial charge on any atom is -0.354 e. The molecule has 0 spiro atoms. The molecule has 1 aromatic heterocycles. The van der Waals surface area contributed by atoms with E-state index in [1.165, 1.54) is 25.0 Å². The third-order valence-electron chi connectivity index (χ3n) is 5.39. The second kappa shape index (κ2) is 8.61. The number of rotatable bonds is 7. The number of pyridine rings is 1. The Bertz CT molecular complexity index is 740. The Morgan fingerprint density at radius 1 is 1.19 bits per heavy atom. The predicted octanol–water partition coefficient (Wildman–Crippen LogP) is 3.54. The summed E-state index contributed by atoms with van der Waals surface area (Å²) in [5, 5.41) is 3.13. The van der Waals surface area contributed by atoms with Crippen LogP contribution in [0.2, 0.25) is 0 Å². The number of aromatic nitrogens is 1. The molecule has 0 bridgehead atoms. The summed E-state index contributed by atoms with van der Waals surface area (Å²) in [4.78, 5) is 19.8. The Kier molecular flexibility index (Phi) is 6.22. The molecule has 1 saturated heterocycles. The molecular formula is C22H28FN3O. The van der Waals surface area contributed by atoms with E-state index in [-0.39, 0.29) is 17.3 Å². The van der Waals surface area contributed by atoms with Crippen LogP contribution in [-0.2, 0) is 11.2 Å². The molecule has 2 aromatic rings. The minimum absolute atomic E-state index is 0.0421. The molecule has 4 nitrogen and oxygen atoms in total. The molecule has 0 aliphatic carbocycles. The van der Waals surface area contributed by atoms with E-state index >= 15 is 0 Å². The molecule has 1 N–H and O–H groups in total. The van der Waals surface area contributed by atoms with Crippen LogP contribution in [0, 0.1) is 5.82 Å². The largest absolute Gasteiger partial charge is 0.354 e. The zero-order valence-electron chi connectivity index (χ0n) is 16.1. The number of hydrogen-bond acceptors (Lipinski definition) is 3. The molecule has 1 aliphatic heterocycles. The smallest absolute Gasteiger partial charge is 0.228 e. The van der Waals surface area contributed by atoms with Crippen molar-refractivity contribution in [1.29, 1.82) is 0 Å². The lowest BCUT2D eigenvalue weighted by Gasteiger charge is -2.36. The number of likely N-dealkylation sites (tertiary alicyclic amines) is 1. The Morgan fingerprint density at radius 2 is 1.89 bits per heavy atom. The zero-order chi connectivity index (χ0) is 19.3. The van der Waals surface area contributed by atoms with Crippen molar-refractivity contribution in [3.05, 3.63) is 65.7 Å². The van der Waals surface area contributed by atoms with E-state index in [0.717, 1.165) is 24.3 Å². The lowest BCUT2D eigenvalue weighted by atomic mass is 9.92. The topological polar surface area (TPSA) is 45.2 Å². The highest BCUT2D eigenvalue weighted by atomic mass is 19.1. The number of benzene rings is 1. The summed E-state index contributed by atoms with van der Waals surface area (Å²) in [6.07, 6.45) is 4.65. The molecule has 0 saturated carbocycles. The first-order valence-corrected chi connectivity index (χ1v) is 9.64. The maximum Gasteiger partial charge on any atom is 0.228 e. The van der Waals surface area contributed by atoms with Gasteiger partial charge in [0.2, 0.25) is 5.91 Å². The first-order valence-electron chi connectivity index (χ1n) is 9.64. The summed E-state index contributed by atoms with van der Waals surface area (Å²) < 4.78 is 13.3. The van der Waals surface area contributed by atoms with Crippen molar-refractivity contribution in [2.45, 2.75) is 44.6 Å². The van der Waals surface area contributed by atoms with E-state index < -0.39 is 5.92 Å². The number of hydrogen-bond donors (Lipinski definition) is 1. The summed E-state index contributed by atoms with van der Waals surface area (Å²) in [5.74, 6) is -0.736. The van der Waals surface area contributed by atoms with Crippen molar-refractivity contribution in [3.63, 3.8) is 0 Å². The molecule has 1 unspecified atom stereocenters. The van der Waals surface area contributed by atoms with Gasteiger partial charge < -0.3 is 5.32 Å². The van der Waals surface area contributed by atoms with E-state index in [4.69, 9.17) is 0 Å². The van der Waals surface area contributed by atoms with Crippen LogP contribution in [0.15, 0.2) is 48.7 Å². The van der Waals surface area contributed by atoms with Gasteiger partial charge in [0.25, 0.3) is 0 Å². The van der Waals surface area contributed by atoms with Gasteiger partial charge in [0, 0.05) is 30.4 Å². The molecule has 5 heteroatoms. The highest BCUT2D eigenvalue weighted by molar-refractivity contribution is 5.84. The van der Waals surface area contributed by atoms with Crippen molar-refractivity contribution in [2.24, 2.45) is 0 Å². The van der Waals surface area contributed by atoms with Crippen LogP contribution in [0.4, 0.5) is 4.39 Å². The lowest BCUT2D eigenvalue weighted by Crippen LogP contribution is -2.51. The van der Waals surface area contributed by atoms with Gasteiger partial charge in [-0.05, 0) is 69.6 Å². The Morgan fingerprint density at radius 3 is 2.52 bits per heavy atom. The number of amides is 1. The van der Waals surface area contributed by atoms with Crippen LogP contribution in [-0.4, -0.2) is 41.0 Å². The Labute approximate surface area is 160 Å². The summed E-state index contributed by atoms with van der Waals surface area (Å²) in [6.45, 7) is 7.09. The van der Waals surface area contributed by atoms with E-state index in [1.807, 2.05) is 18.2 Å². The summed E-state index contributed by atoms with van der Waals surface area (Å²) >= 11 is 0. The molecule has 1 atom stereocenters. The summed E-state index contributed by atoms with van der Waals surface area (Å²) in [6, 6.07) is 11.9. The third kappa shape index (κ3) is 5.13. The van der Waals surface area contributed by atoms with Crippen molar-refractivity contribution >= 4 is 5.91 Å². The SMILES string of the molecule is CC(C)(CNC(=O)C(Cc1ccccn1)c1ccc(F)cc1)N1CCCC1. The van der Waals surface area contributed by atoms with Crippen molar-refractivity contribution in [1.82, 2.24) is 15.2 Å². The zero-order valence-corrected chi connectivity index (χ0v) is 16.1. The molecule has 27 heavy (non-hydrogen) atoms. The van der Waals surface area contributed by atoms with Crippen molar-refractivity contribution < 1.29 is 9.18 Å². The average molecular weight is 369 g/mol. The number of nitrogens with zero attached hydrogens (tertiary/aromatic N) is 2. The summed E-state index contributed by atoms with van der Waals surface area (Å²) in [5.41, 5.74) is 1.57. The van der Waals surface area contributed by atoms with Gasteiger partial charge in [0.05, 0.1) is 5.92 Å². The lowest BCUT2D eigenvalue weighted by molar-refractivity contribution is -0.123. The predicted molar refractivity (Wildman–Crippen MR) is 105 cm³/mol. The van der Waals surface area contributed by atoms with Crippen LogP contribution < -0.4 is 5.32 Å². The quantitative estimate of drug-likeness (QED) is 0.812. The molecule has 3 rings (SSSR count). The summed E-state index contributed by atoms with van der Waals surface area (Å²) in [7, 11) is 0. The monoisotopic (exact) mass is 369 g/mol. The highest BCUT2D eigenvalue weighted by Gasteiger charge is 2.30. The van der Waals surface area contributed by atoms with Crippen LogP contribution >= 0.6 is 0 Å². The van der Waals surface area contributed by atoms with E-state index in [2.05, 4.69) is 29.0 Å². The molecule has 1 aliphatic rings. The van der Waals surface area contributed by atoms with Gasteiger partial charge in [0.15, 0.2) is 0 Å². The minimum atomic E-state index is -0.394. The standard InChI is InChI=1S/C22H28FN3O/c1-22(2,26-13-5-6-14-26)16-25-21(27)20(15-19-7-3-4-12-24-19)17-8-10-18(23)11-9-17/h3-4,7-12,20H,5-6,13-16H2,1-2H3,(H,25,27). The number of carbonyl (C=O) groups excluding carboxylic acids is 1. The van der Waals surface area contributed by atoms with Crippen molar-refractivity contribution in [3.8, 4) is 0 Å². The van der Waals surface area contributed by atoms with Gasteiger partial charge in [-0.15, -0.1) is 0 Å². The Balaban J connectivity index is 1.73. The molecule has 144 valence electrons. The van der Waals surface area contributed by atoms with Gasteiger partial charge in [-0.3, -0.25) is 14.7 Å². The molecule has 1 amide bonds. The van der Waals surface area contributed by atoms with Crippen LogP contribution in [0.3, 0.4) is 0 Å². The fourth-order valence-electron chi connectivity index (χ4n) is 3.65. The second-order valence-electron chi connectivity index (χ2n) is 7.85. The van der Waals surface area contributed by atoms with Crippen LogP contribution in [0.1, 0.15) is 43.9 Å². The van der Waals surface area contributed by atoms with Gasteiger partial charge >= 0.3 is 0 Å². The maximum atomic E-state index is 13.3. The van der Waals surface area contributed by atoms with E-state index in [1.54, 1.807) is 18.3 Å². The average Bonchev–Trinajstić information content (AvgIpc) is 3.22. The number of halogens is 1. The molecular weight excluding hydrogens is 341 g/mol. The Hall–Kier alpha value is -2.27. The van der Waals surface area contributed by atoms with Gasteiger partial charge in [-0.2, -0.15) is 0 Å². The van der Waals surface area contributed by atoms with Crippen LogP contribution in [0.5, 0.6) is 0 Å². The van der Waals surface area contributed by atoms with Crippen LogP contribution in [0.25, 0.3) is 0 Å². The molecule has 1 aromatic carbocycles. The maximum absolute atomic E-state index is 13.3. The second-order valence-corrected chi connectivity index (χ2v) is 7.85. The van der Waals surface area contributed by atoms with Crippen molar-refractivity contribution in [2.75, 3.05) is 19.6 Å². The van der Waals surface area contributed by atoms with E-state index in [9.17, 15) is 9.18 Å². The third-order valence-corrected chi connectivity index (χ3v) is 5.39. The fraction of sp³-hybridized carbons (Fsp3) is 0.455. The first kappa shape index (κ1) is 19.5. The molecule has 0 radical (unpaired) electrons.